The van der Waals surface area contributed by atoms with Gasteiger partial charge in [-0.2, -0.15) is 0 Å². The molecule has 3 aliphatic carbocycles. The number of fused-ring (bicyclic) bond motifs is 1. The molecule has 0 heterocycles. The minimum atomic E-state index is -0.529. The number of rotatable bonds is 10. The normalized spacial score (nSPS) is 33.9. The van der Waals surface area contributed by atoms with Crippen LogP contribution in [0, 0.1) is 22.7 Å². The highest BCUT2D eigenvalue weighted by molar-refractivity contribution is 5.26. The van der Waals surface area contributed by atoms with E-state index in [1.165, 1.54) is 37.7 Å². The first kappa shape index (κ1) is 27.9. The Hall–Kier alpha value is -0.680. The number of aliphatic hydroxyl groups is 3. The minimum Gasteiger partial charge on any atom is -0.393 e. The quantitative estimate of drug-likeness (QED) is 0.322. The summed E-state index contributed by atoms with van der Waals surface area (Å²) in [5, 5.41) is 30.6. The Morgan fingerprint density at radius 3 is 2.38 bits per heavy atom. The molecule has 4 heteroatoms. The van der Waals surface area contributed by atoms with E-state index in [2.05, 4.69) is 46.8 Å². The lowest BCUT2D eigenvalue weighted by molar-refractivity contribution is -0.0306. The molecule has 3 saturated carbocycles. The summed E-state index contributed by atoms with van der Waals surface area (Å²) in [6.07, 6.45) is 15.2. The maximum absolute atomic E-state index is 10.5. The van der Waals surface area contributed by atoms with Gasteiger partial charge < -0.3 is 20.1 Å². The smallest absolute Gasteiger partial charge is 0.0643 e. The fourth-order valence-corrected chi connectivity index (χ4v) is 7.60. The number of ether oxygens (including phenoxy) is 1. The third-order valence-corrected chi connectivity index (χ3v) is 9.70. The van der Waals surface area contributed by atoms with Gasteiger partial charge in [0, 0.05) is 6.61 Å². The Morgan fingerprint density at radius 2 is 1.74 bits per heavy atom. The van der Waals surface area contributed by atoms with E-state index in [4.69, 9.17) is 4.74 Å². The molecule has 0 amide bonds. The molecule has 3 N–H and O–H groups in total. The van der Waals surface area contributed by atoms with Crippen molar-refractivity contribution in [3.8, 4) is 0 Å². The van der Waals surface area contributed by atoms with Gasteiger partial charge in [-0.3, -0.25) is 0 Å². The van der Waals surface area contributed by atoms with Gasteiger partial charge in [0.15, 0.2) is 0 Å². The second-order valence-electron chi connectivity index (χ2n) is 12.6. The Balaban J connectivity index is 1.60. The van der Waals surface area contributed by atoms with E-state index < -0.39 is 17.8 Å². The molecule has 0 aromatic rings. The SMILES string of the molecule is CCC(O)(CC)CCCOCC(C)(C)[C@H]1CC[C@H]2C(=CC=C3C[C@@H](O)C[C@H](O)C3)CCC[C@]12C. The van der Waals surface area contributed by atoms with Crippen LogP contribution < -0.4 is 0 Å². The largest absolute Gasteiger partial charge is 0.393 e. The van der Waals surface area contributed by atoms with Crippen molar-refractivity contribution < 1.29 is 20.1 Å². The van der Waals surface area contributed by atoms with Crippen LogP contribution in [0.5, 0.6) is 0 Å². The molecule has 0 radical (unpaired) electrons. The van der Waals surface area contributed by atoms with E-state index in [1.54, 1.807) is 5.57 Å². The predicted molar refractivity (Wildman–Crippen MR) is 140 cm³/mol. The zero-order valence-electron chi connectivity index (χ0n) is 22.6. The second kappa shape index (κ2) is 11.6. The summed E-state index contributed by atoms with van der Waals surface area (Å²) in [5.74, 6) is 1.27. The van der Waals surface area contributed by atoms with Crippen LogP contribution in [0.4, 0.5) is 0 Å². The van der Waals surface area contributed by atoms with Crippen molar-refractivity contribution >= 4 is 0 Å². The minimum absolute atomic E-state index is 0.133. The van der Waals surface area contributed by atoms with E-state index in [0.29, 0.717) is 36.5 Å². The molecule has 0 saturated heterocycles. The van der Waals surface area contributed by atoms with E-state index in [9.17, 15) is 15.3 Å². The average molecular weight is 477 g/mol. The number of allylic oxidation sites excluding steroid dienone is 3. The highest BCUT2D eigenvalue weighted by atomic mass is 16.5. The molecule has 0 bridgehead atoms. The van der Waals surface area contributed by atoms with Crippen LogP contribution >= 0.6 is 0 Å². The molecule has 4 nitrogen and oxygen atoms in total. The highest BCUT2D eigenvalue weighted by Gasteiger charge is 2.53. The molecule has 196 valence electrons. The van der Waals surface area contributed by atoms with E-state index in [-0.39, 0.29) is 5.41 Å². The summed E-state index contributed by atoms with van der Waals surface area (Å²) < 4.78 is 6.21. The van der Waals surface area contributed by atoms with Crippen LogP contribution in [-0.4, -0.2) is 46.3 Å². The Kier molecular flexibility index (Phi) is 9.50. The van der Waals surface area contributed by atoms with Gasteiger partial charge in [0.05, 0.1) is 24.4 Å². The molecular weight excluding hydrogens is 424 g/mol. The molecule has 3 rings (SSSR count). The Bertz CT molecular complexity index is 707. The molecular formula is C30H52O4. The topological polar surface area (TPSA) is 69.9 Å². The highest BCUT2D eigenvalue weighted by Crippen LogP contribution is 2.62. The molecule has 0 aliphatic heterocycles. The first-order chi connectivity index (χ1) is 16.0. The van der Waals surface area contributed by atoms with Crippen LogP contribution in [0.1, 0.15) is 112 Å². The van der Waals surface area contributed by atoms with Crippen molar-refractivity contribution in [1.82, 2.24) is 0 Å². The lowest BCUT2D eigenvalue weighted by Gasteiger charge is -2.48. The van der Waals surface area contributed by atoms with Crippen molar-refractivity contribution in [3.05, 3.63) is 23.3 Å². The number of hydrogen-bond acceptors (Lipinski definition) is 4. The van der Waals surface area contributed by atoms with Gasteiger partial charge in [0.2, 0.25) is 0 Å². The summed E-state index contributed by atoms with van der Waals surface area (Å²) in [7, 11) is 0. The summed E-state index contributed by atoms with van der Waals surface area (Å²) in [6, 6.07) is 0. The number of hydrogen-bond donors (Lipinski definition) is 3. The van der Waals surface area contributed by atoms with Gasteiger partial charge >= 0.3 is 0 Å². The summed E-state index contributed by atoms with van der Waals surface area (Å²) in [4.78, 5) is 0. The molecule has 3 aliphatic rings. The lowest BCUT2D eigenvalue weighted by atomic mass is 9.58. The molecule has 0 aromatic heterocycles. The van der Waals surface area contributed by atoms with Crippen LogP contribution in [0.2, 0.25) is 0 Å². The predicted octanol–water partition coefficient (Wildman–Crippen LogP) is 6.34. The van der Waals surface area contributed by atoms with Gasteiger partial charge in [-0.1, -0.05) is 57.9 Å². The Morgan fingerprint density at radius 1 is 1.06 bits per heavy atom. The van der Waals surface area contributed by atoms with Crippen molar-refractivity contribution in [2.24, 2.45) is 22.7 Å². The van der Waals surface area contributed by atoms with Crippen molar-refractivity contribution in [2.75, 3.05) is 13.2 Å². The average Bonchev–Trinajstić information content (AvgIpc) is 3.15. The van der Waals surface area contributed by atoms with Crippen molar-refractivity contribution in [2.45, 2.75) is 129 Å². The Labute approximate surface area is 208 Å². The lowest BCUT2D eigenvalue weighted by Crippen LogP contribution is -2.42. The third kappa shape index (κ3) is 6.55. The van der Waals surface area contributed by atoms with E-state index in [1.807, 2.05) is 0 Å². The monoisotopic (exact) mass is 476 g/mol. The zero-order chi connectivity index (χ0) is 25.0. The molecule has 34 heavy (non-hydrogen) atoms. The van der Waals surface area contributed by atoms with Gasteiger partial charge in [0.1, 0.15) is 0 Å². The zero-order valence-corrected chi connectivity index (χ0v) is 22.6. The van der Waals surface area contributed by atoms with Crippen LogP contribution in [-0.2, 0) is 4.74 Å². The van der Waals surface area contributed by atoms with Gasteiger partial charge in [-0.25, -0.2) is 0 Å². The van der Waals surface area contributed by atoms with Gasteiger partial charge in [0.25, 0.3) is 0 Å². The summed E-state index contributed by atoms with van der Waals surface area (Å²) in [5.41, 5.74) is 2.68. The van der Waals surface area contributed by atoms with E-state index >= 15 is 0 Å². The number of aliphatic hydroxyl groups excluding tert-OH is 2. The van der Waals surface area contributed by atoms with Crippen LogP contribution in [0.15, 0.2) is 23.3 Å². The fourth-order valence-electron chi connectivity index (χ4n) is 7.60. The fraction of sp³-hybridized carbons (Fsp3) is 0.867. The summed E-state index contributed by atoms with van der Waals surface area (Å²) >= 11 is 0. The molecule has 5 atom stereocenters. The first-order valence-corrected chi connectivity index (χ1v) is 14.1. The molecule has 0 unspecified atom stereocenters. The van der Waals surface area contributed by atoms with Crippen LogP contribution in [0.3, 0.4) is 0 Å². The van der Waals surface area contributed by atoms with Gasteiger partial charge in [-0.05, 0) is 99.7 Å². The van der Waals surface area contributed by atoms with Gasteiger partial charge in [-0.15, -0.1) is 0 Å². The molecule has 0 spiro atoms. The second-order valence-corrected chi connectivity index (χ2v) is 12.6. The first-order valence-electron chi connectivity index (χ1n) is 14.1. The maximum atomic E-state index is 10.5. The maximum Gasteiger partial charge on any atom is 0.0643 e. The van der Waals surface area contributed by atoms with Crippen LogP contribution in [0.25, 0.3) is 0 Å². The molecule has 0 aromatic carbocycles. The van der Waals surface area contributed by atoms with E-state index in [0.717, 1.165) is 38.9 Å². The summed E-state index contributed by atoms with van der Waals surface area (Å²) in [6.45, 7) is 13.0. The molecule has 3 fully saturated rings. The van der Waals surface area contributed by atoms with Crippen molar-refractivity contribution in [1.29, 1.82) is 0 Å². The standard InChI is InChI=1S/C30H52O4/c1-6-30(33,7-2)16-9-17-34-21-28(3,4)27-14-13-26-23(10-8-15-29(26,27)5)12-11-22-18-24(31)20-25(32)19-22/h11-12,24-27,31-33H,6-10,13-21H2,1-5H3/t24-,25-,26+,27-,29+/m1/s1. The third-order valence-electron chi connectivity index (χ3n) is 9.70. The van der Waals surface area contributed by atoms with Crippen molar-refractivity contribution in [3.63, 3.8) is 0 Å².